The Morgan fingerprint density at radius 1 is 0.956 bits per heavy atom. The Balaban J connectivity index is 2.06. The number of ether oxygens (including phenoxy) is 2. The number of aryl methyl sites for hydroxylation is 1. The standard InChI is InChI=1S/C33H49N3O8S/c1-23(2)21-36(45(41,42)27-18-16-24(3)17-19-27)28(31(38)39)15-11-12-20-34-30(37)29(35-32(40)44-33(5,6)7)25(4)43-22-26-13-9-8-10-14-26/h8-10,13-14,16-19,23,25,28-29H,11-12,15,20-22H2,1-7H3,(H,34,37)(H,35,40)(H,38,39)/t25-,28+,29+/m1/s1. The number of amides is 2. The van der Waals surface area contributed by atoms with Gasteiger partial charge in [0, 0.05) is 13.1 Å². The van der Waals surface area contributed by atoms with Crippen molar-refractivity contribution in [3.05, 3.63) is 65.7 Å². The van der Waals surface area contributed by atoms with E-state index in [1.54, 1.807) is 39.8 Å². The van der Waals surface area contributed by atoms with Gasteiger partial charge in [0.25, 0.3) is 0 Å². The summed E-state index contributed by atoms with van der Waals surface area (Å²) in [5.41, 5.74) is 1.03. The van der Waals surface area contributed by atoms with Gasteiger partial charge in [0.15, 0.2) is 0 Å². The highest BCUT2D eigenvalue weighted by Crippen LogP contribution is 2.23. The second-order valence-corrected chi connectivity index (χ2v) is 14.4. The van der Waals surface area contributed by atoms with Gasteiger partial charge in [-0.25, -0.2) is 13.2 Å². The number of benzene rings is 2. The van der Waals surface area contributed by atoms with Gasteiger partial charge in [-0.3, -0.25) is 9.59 Å². The number of nitrogens with one attached hydrogen (secondary N) is 2. The van der Waals surface area contributed by atoms with Crippen molar-refractivity contribution in [3.63, 3.8) is 0 Å². The van der Waals surface area contributed by atoms with Crippen LogP contribution < -0.4 is 10.6 Å². The number of sulfonamides is 1. The molecular weight excluding hydrogens is 598 g/mol. The van der Waals surface area contributed by atoms with Crippen LogP contribution in [-0.2, 0) is 35.7 Å². The van der Waals surface area contributed by atoms with Crippen LogP contribution in [0.3, 0.4) is 0 Å². The highest BCUT2D eigenvalue weighted by Gasteiger charge is 2.36. The summed E-state index contributed by atoms with van der Waals surface area (Å²) in [6.45, 7) is 12.8. The maximum absolute atomic E-state index is 13.5. The number of aliphatic carboxylic acids is 1. The average molecular weight is 648 g/mol. The van der Waals surface area contributed by atoms with E-state index in [9.17, 15) is 27.9 Å². The van der Waals surface area contributed by atoms with Gasteiger partial charge in [-0.2, -0.15) is 4.31 Å². The van der Waals surface area contributed by atoms with Crippen molar-refractivity contribution in [3.8, 4) is 0 Å². The van der Waals surface area contributed by atoms with E-state index in [1.165, 1.54) is 12.1 Å². The number of rotatable bonds is 17. The first-order valence-electron chi connectivity index (χ1n) is 15.3. The molecule has 2 aromatic rings. The Kier molecular flexibility index (Phi) is 14.5. The minimum Gasteiger partial charge on any atom is -0.480 e. The minimum atomic E-state index is -4.07. The molecule has 250 valence electrons. The van der Waals surface area contributed by atoms with Crippen LogP contribution in [0.25, 0.3) is 0 Å². The Morgan fingerprint density at radius 2 is 1.58 bits per heavy atom. The van der Waals surface area contributed by atoms with Crippen LogP contribution >= 0.6 is 0 Å². The number of carbonyl (C=O) groups is 3. The van der Waals surface area contributed by atoms with Crippen molar-refractivity contribution >= 4 is 28.0 Å². The van der Waals surface area contributed by atoms with Crippen molar-refractivity contribution in [1.29, 1.82) is 0 Å². The van der Waals surface area contributed by atoms with Gasteiger partial charge in [-0.05, 0) is 77.5 Å². The fraction of sp³-hybridized carbons (Fsp3) is 0.545. The number of carboxylic acids is 1. The van der Waals surface area contributed by atoms with Crippen molar-refractivity contribution < 1.29 is 37.4 Å². The van der Waals surface area contributed by atoms with E-state index in [1.807, 2.05) is 51.1 Å². The molecule has 2 aromatic carbocycles. The lowest BCUT2D eigenvalue weighted by Crippen LogP contribution is -2.54. The Bertz CT molecular complexity index is 1340. The van der Waals surface area contributed by atoms with E-state index in [4.69, 9.17) is 9.47 Å². The van der Waals surface area contributed by atoms with Crippen molar-refractivity contribution in [2.75, 3.05) is 13.1 Å². The van der Waals surface area contributed by atoms with Gasteiger partial charge >= 0.3 is 12.1 Å². The summed E-state index contributed by atoms with van der Waals surface area (Å²) >= 11 is 0. The average Bonchev–Trinajstić information content (AvgIpc) is 2.95. The SMILES string of the molecule is Cc1ccc(S(=O)(=O)N(CC(C)C)[C@@H](CCCCNC(=O)[C@@H](NC(=O)OC(C)(C)C)[C@@H](C)OCc2ccccc2)C(=O)O)cc1. The molecule has 3 N–H and O–H groups in total. The van der Waals surface area contributed by atoms with Crippen LogP contribution in [0.5, 0.6) is 0 Å². The van der Waals surface area contributed by atoms with E-state index in [0.29, 0.717) is 12.8 Å². The fourth-order valence-electron chi connectivity index (χ4n) is 4.50. The molecule has 0 heterocycles. The predicted octanol–water partition coefficient (Wildman–Crippen LogP) is 4.88. The van der Waals surface area contributed by atoms with Gasteiger partial charge in [-0.15, -0.1) is 0 Å². The van der Waals surface area contributed by atoms with Crippen LogP contribution in [0.15, 0.2) is 59.5 Å². The van der Waals surface area contributed by atoms with Gasteiger partial charge in [0.1, 0.15) is 17.7 Å². The summed E-state index contributed by atoms with van der Waals surface area (Å²) in [6.07, 6.45) is -0.694. The van der Waals surface area contributed by atoms with E-state index in [-0.39, 0.29) is 36.9 Å². The van der Waals surface area contributed by atoms with E-state index >= 15 is 0 Å². The third-order valence-electron chi connectivity index (χ3n) is 6.79. The lowest BCUT2D eigenvalue weighted by Gasteiger charge is -2.30. The second kappa shape index (κ2) is 17.3. The Labute approximate surface area is 267 Å². The summed E-state index contributed by atoms with van der Waals surface area (Å²) in [4.78, 5) is 38.1. The maximum atomic E-state index is 13.5. The van der Waals surface area contributed by atoms with Gasteiger partial charge in [0.2, 0.25) is 15.9 Å². The van der Waals surface area contributed by atoms with Crippen molar-refractivity contribution in [1.82, 2.24) is 14.9 Å². The Hall–Kier alpha value is -3.48. The third-order valence-corrected chi connectivity index (χ3v) is 8.68. The van der Waals surface area contributed by atoms with Crippen LogP contribution in [0.4, 0.5) is 4.79 Å². The van der Waals surface area contributed by atoms with Gasteiger partial charge in [-0.1, -0.05) is 61.9 Å². The number of hydrogen-bond acceptors (Lipinski definition) is 7. The summed E-state index contributed by atoms with van der Waals surface area (Å²) in [5.74, 6) is -1.83. The number of carboxylic acid groups (broad SMARTS) is 1. The minimum absolute atomic E-state index is 0.0411. The second-order valence-electron chi connectivity index (χ2n) is 12.5. The number of hydrogen-bond donors (Lipinski definition) is 3. The van der Waals surface area contributed by atoms with E-state index in [0.717, 1.165) is 15.4 Å². The zero-order chi connectivity index (χ0) is 33.8. The van der Waals surface area contributed by atoms with Crippen LogP contribution in [0.1, 0.15) is 71.9 Å². The summed E-state index contributed by atoms with van der Waals surface area (Å²) < 4.78 is 39.3. The molecule has 0 saturated carbocycles. The van der Waals surface area contributed by atoms with E-state index < -0.39 is 51.8 Å². The molecule has 2 amide bonds. The molecule has 0 aliphatic carbocycles. The molecule has 45 heavy (non-hydrogen) atoms. The molecule has 11 nitrogen and oxygen atoms in total. The lowest BCUT2D eigenvalue weighted by atomic mass is 10.1. The smallest absolute Gasteiger partial charge is 0.408 e. The van der Waals surface area contributed by atoms with Gasteiger partial charge in [0.05, 0.1) is 17.6 Å². The molecular formula is C33H49N3O8S. The van der Waals surface area contributed by atoms with Crippen LogP contribution in [-0.4, -0.2) is 72.7 Å². The largest absolute Gasteiger partial charge is 0.480 e. The maximum Gasteiger partial charge on any atom is 0.408 e. The molecule has 0 bridgehead atoms. The number of alkyl carbamates (subject to hydrolysis) is 1. The molecule has 0 spiro atoms. The van der Waals surface area contributed by atoms with E-state index in [2.05, 4.69) is 10.6 Å². The monoisotopic (exact) mass is 647 g/mol. The zero-order valence-corrected chi connectivity index (χ0v) is 28.2. The lowest BCUT2D eigenvalue weighted by molar-refractivity contribution is -0.142. The summed E-state index contributed by atoms with van der Waals surface area (Å²) in [6, 6.07) is 13.4. The first-order chi connectivity index (χ1) is 21.0. The number of unbranched alkanes of at least 4 members (excludes halogenated alkanes) is 1. The fourth-order valence-corrected chi connectivity index (χ4v) is 6.28. The normalized spacial score (nSPS) is 14.1. The summed E-state index contributed by atoms with van der Waals surface area (Å²) in [5, 5.41) is 15.4. The molecule has 0 aromatic heterocycles. The molecule has 2 rings (SSSR count). The number of carbonyl (C=O) groups excluding carboxylic acids is 2. The molecule has 3 atom stereocenters. The third kappa shape index (κ3) is 12.8. The Morgan fingerprint density at radius 3 is 2.13 bits per heavy atom. The quantitative estimate of drug-likeness (QED) is 0.206. The highest BCUT2D eigenvalue weighted by molar-refractivity contribution is 7.89. The molecule has 0 unspecified atom stereocenters. The molecule has 0 radical (unpaired) electrons. The number of nitrogens with zero attached hydrogens (tertiary/aromatic N) is 1. The van der Waals surface area contributed by atoms with Crippen molar-refractivity contribution in [2.24, 2.45) is 5.92 Å². The zero-order valence-electron chi connectivity index (χ0n) is 27.4. The first kappa shape index (κ1) is 37.7. The molecule has 12 heteroatoms. The molecule has 0 saturated heterocycles. The van der Waals surface area contributed by atoms with Crippen LogP contribution in [0, 0.1) is 12.8 Å². The summed E-state index contributed by atoms with van der Waals surface area (Å²) in [7, 11) is -4.07. The molecule has 0 fully saturated rings. The predicted molar refractivity (Wildman–Crippen MR) is 172 cm³/mol. The van der Waals surface area contributed by atoms with Crippen LogP contribution in [0.2, 0.25) is 0 Å². The van der Waals surface area contributed by atoms with Crippen molar-refractivity contribution in [2.45, 2.75) is 103 Å². The first-order valence-corrected chi connectivity index (χ1v) is 16.7. The topological polar surface area (TPSA) is 151 Å². The highest BCUT2D eigenvalue weighted by atomic mass is 32.2. The molecule has 0 aliphatic heterocycles. The molecule has 0 aliphatic rings. The van der Waals surface area contributed by atoms with Gasteiger partial charge < -0.3 is 25.2 Å².